The molecule has 1 aliphatic rings. The Balaban J connectivity index is 2.88. The smallest absolute Gasteiger partial charge is 0.423 e. The Morgan fingerprint density at radius 1 is 1.58 bits per heavy atom. The Kier molecular flexibility index (Phi) is 2.35. The van der Waals surface area contributed by atoms with E-state index in [2.05, 4.69) is 0 Å². The van der Waals surface area contributed by atoms with E-state index in [-0.39, 0.29) is 11.9 Å². The van der Waals surface area contributed by atoms with Gasteiger partial charge in [0.1, 0.15) is 11.5 Å². The minimum atomic E-state index is -1.82. The van der Waals surface area contributed by atoms with Crippen LogP contribution < -0.4 is 0 Å². The highest BCUT2D eigenvalue weighted by atomic mass is 19.1. The first-order valence-corrected chi connectivity index (χ1v) is 3.54. The van der Waals surface area contributed by atoms with Crippen LogP contribution in [0.2, 0.25) is 0 Å². The first-order chi connectivity index (χ1) is 5.41. The maximum Gasteiger partial charge on any atom is 0.484 e. The summed E-state index contributed by atoms with van der Waals surface area (Å²) in [6, 6.07) is 0. The summed E-state index contributed by atoms with van der Waals surface area (Å²) in [5.74, 6) is -0.769. The highest BCUT2D eigenvalue weighted by Gasteiger charge is 2.31. The standard InChI is InChI=1S/C7H9BF2O2/c1-7(10)3-5(8(11)12)2-6(9)4-7/h2,4,11-12H,3H2,1H3. The lowest BCUT2D eigenvalue weighted by molar-refractivity contribution is 0.247. The number of hydrogen-bond donors (Lipinski definition) is 2. The number of alkyl halides is 1. The molecule has 1 rings (SSSR count). The molecule has 0 aromatic rings. The van der Waals surface area contributed by atoms with Crippen molar-refractivity contribution >= 4 is 7.12 Å². The Labute approximate surface area is 69.4 Å². The number of halogens is 2. The lowest BCUT2D eigenvalue weighted by Crippen LogP contribution is -2.26. The van der Waals surface area contributed by atoms with Crippen molar-refractivity contribution in [1.29, 1.82) is 0 Å². The summed E-state index contributed by atoms with van der Waals surface area (Å²) in [5.41, 5.74) is -1.86. The van der Waals surface area contributed by atoms with Gasteiger partial charge in [-0.1, -0.05) is 0 Å². The summed E-state index contributed by atoms with van der Waals surface area (Å²) >= 11 is 0. The Hall–Kier alpha value is -0.675. The topological polar surface area (TPSA) is 40.5 Å². The predicted octanol–water partition coefficient (Wildman–Crippen LogP) is 0.910. The fourth-order valence-corrected chi connectivity index (χ4v) is 1.17. The molecule has 66 valence electrons. The number of hydrogen-bond acceptors (Lipinski definition) is 2. The molecule has 0 amide bonds. The zero-order valence-electron chi connectivity index (χ0n) is 6.59. The van der Waals surface area contributed by atoms with Crippen molar-refractivity contribution in [3.63, 3.8) is 0 Å². The monoisotopic (exact) mass is 174 g/mol. The molecule has 0 aromatic carbocycles. The number of allylic oxidation sites excluding steroid dienone is 4. The van der Waals surface area contributed by atoms with Gasteiger partial charge in [0.05, 0.1) is 0 Å². The SMILES string of the molecule is CC1(F)C=C(F)C=C(B(O)O)C1. The van der Waals surface area contributed by atoms with E-state index in [4.69, 9.17) is 10.0 Å². The first kappa shape index (κ1) is 9.41. The molecule has 5 heteroatoms. The molecule has 0 saturated carbocycles. The molecule has 0 aromatic heterocycles. The molecule has 12 heavy (non-hydrogen) atoms. The van der Waals surface area contributed by atoms with Crippen LogP contribution in [0.1, 0.15) is 13.3 Å². The van der Waals surface area contributed by atoms with E-state index in [1.807, 2.05) is 0 Å². The van der Waals surface area contributed by atoms with E-state index < -0.39 is 18.6 Å². The summed E-state index contributed by atoms with van der Waals surface area (Å²) in [6.45, 7) is 1.18. The average Bonchev–Trinajstić information content (AvgIpc) is 1.82. The third-order valence-corrected chi connectivity index (χ3v) is 1.64. The van der Waals surface area contributed by atoms with Crippen LogP contribution >= 0.6 is 0 Å². The van der Waals surface area contributed by atoms with Gasteiger partial charge < -0.3 is 10.0 Å². The zero-order valence-corrected chi connectivity index (χ0v) is 6.59. The second-order valence-corrected chi connectivity index (χ2v) is 3.08. The zero-order chi connectivity index (χ0) is 9.35. The van der Waals surface area contributed by atoms with E-state index >= 15 is 0 Å². The van der Waals surface area contributed by atoms with Crippen molar-refractivity contribution in [3.8, 4) is 0 Å². The highest BCUT2D eigenvalue weighted by Crippen LogP contribution is 2.30. The van der Waals surface area contributed by atoms with Gasteiger partial charge in [0.2, 0.25) is 0 Å². The van der Waals surface area contributed by atoms with Gasteiger partial charge in [-0.15, -0.1) is 0 Å². The van der Waals surface area contributed by atoms with E-state index in [9.17, 15) is 8.78 Å². The van der Waals surface area contributed by atoms with Gasteiger partial charge in [0, 0.05) is 6.42 Å². The van der Waals surface area contributed by atoms with Gasteiger partial charge in [-0.3, -0.25) is 0 Å². The van der Waals surface area contributed by atoms with Crippen molar-refractivity contribution in [2.24, 2.45) is 0 Å². The van der Waals surface area contributed by atoms with Crippen molar-refractivity contribution in [2.45, 2.75) is 19.0 Å². The van der Waals surface area contributed by atoms with Gasteiger partial charge in [-0.25, -0.2) is 8.78 Å². The number of rotatable bonds is 1. The minimum absolute atomic E-state index is 0.0417. The molecule has 0 spiro atoms. The molecule has 1 unspecified atom stereocenters. The summed E-state index contributed by atoms with van der Waals surface area (Å²) in [4.78, 5) is 0. The molecule has 0 aliphatic heterocycles. The maximum atomic E-state index is 13.2. The Morgan fingerprint density at radius 3 is 2.58 bits per heavy atom. The van der Waals surface area contributed by atoms with Crippen LogP contribution in [0, 0.1) is 0 Å². The lowest BCUT2D eigenvalue weighted by Gasteiger charge is -2.21. The molecule has 0 bridgehead atoms. The largest absolute Gasteiger partial charge is 0.484 e. The summed E-state index contributed by atoms with van der Waals surface area (Å²) < 4.78 is 25.8. The third kappa shape index (κ3) is 2.15. The van der Waals surface area contributed by atoms with E-state index in [1.165, 1.54) is 6.92 Å². The fraction of sp³-hybridized carbons (Fsp3) is 0.429. The summed E-state index contributed by atoms with van der Waals surface area (Å²) in [7, 11) is -1.78. The van der Waals surface area contributed by atoms with Crippen molar-refractivity contribution in [2.75, 3.05) is 0 Å². The molecule has 0 heterocycles. The normalized spacial score (nSPS) is 29.4. The van der Waals surface area contributed by atoms with Crippen LogP contribution in [0.4, 0.5) is 8.78 Å². The van der Waals surface area contributed by atoms with Crippen molar-refractivity contribution < 1.29 is 18.8 Å². The van der Waals surface area contributed by atoms with Crippen LogP contribution in [0.5, 0.6) is 0 Å². The highest BCUT2D eigenvalue weighted by molar-refractivity contribution is 6.50. The summed E-state index contributed by atoms with van der Waals surface area (Å²) in [5, 5.41) is 17.3. The molecule has 0 saturated heterocycles. The molecule has 2 N–H and O–H groups in total. The van der Waals surface area contributed by atoms with Crippen molar-refractivity contribution in [3.05, 3.63) is 23.5 Å². The Morgan fingerprint density at radius 2 is 2.17 bits per heavy atom. The van der Waals surface area contributed by atoms with Gasteiger partial charge in [-0.2, -0.15) is 0 Å². The van der Waals surface area contributed by atoms with Gasteiger partial charge in [0.25, 0.3) is 0 Å². The minimum Gasteiger partial charge on any atom is -0.423 e. The second-order valence-electron chi connectivity index (χ2n) is 3.08. The van der Waals surface area contributed by atoms with Crippen LogP contribution in [-0.4, -0.2) is 22.8 Å². The van der Waals surface area contributed by atoms with E-state index in [0.29, 0.717) is 0 Å². The first-order valence-electron chi connectivity index (χ1n) is 3.54. The molecular formula is C7H9BF2O2. The Bertz CT molecular complexity index is 246. The van der Waals surface area contributed by atoms with E-state index in [0.717, 1.165) is 12.2 Å². The molecule has 2 nitrogen and oxygen atoms in total. The molecule has 1 aliphatic carbocycles. The molecular weight excluding hydrogens is 165 g/mol. The van der Waals surface area contributed by atoms with Gasteiger partial charge in [-0.05, 0) is 24.5 Å². The third-order valence-electron chi connectivity index (χ3n) is 1.64. The lowest BCUT2D eigenvalue weighted by atomic mass is 9.71. The van der Waals surface area contributed by atoms with Gasteiger partial charge in [0.15, 0.2) is 0 Å². The second kappa shape index (κ2) is 2.99. The van der Waals surface area contributed by atoms with Crippen molar-refractivity contribution in [1.82, 2.24) is 0 Å². The maximum absolute atomic E-state index is 13.2. The van der Waals surface area contributed by atoms with Crippen LogP contribution in [0.3, 0.4) is 0 Å². The van der Waals surface area contributed by atoms with Crippen LogP contribution in [0.15, 0.2) is 23.5 Å². The molecule has 1 atom stereocenters. The predicted molar refractivity (Wildman–Crippen MR) is 41.6 cm³/mol. The average molecular weight is 174 g/mol. The van der Waals surface area contributed by atoms with Crippen LogP contribution in [0.25, 0.3) is 0 Å². The quantitative estimate of drug-likeness (QED) is 0.580. The summed E-state index contributed by atoms with van der Waals surface area (Å²) in [6.07, 6.45) is 1.57. The molecule has 0 fully saturated rings. The van der Waals surface area contributed by atoms with Crippen LogP contribution in [-0.2, 0) is 0 Å². The molecule has 0 radical (unpaired) electrons. The van der Waals surface area contributed by atoms with Gasteiger partial charge >= 0.3 is 7.12 Å². The fourth-order valence-electron chi connectivity index (χ4n) is 1.17. The van der Waals surface area contributed by atoms with E-state index in [1.54, 1.807) is 0 Å².